The molecule has 0 unspecified atom stereocenters. The van der Waals surface area contributed by atoms with Gasteiger partial charge in [-0.2, -0.15) is 0 Å². The molecule has 2 atom stereocenters. The monoisotopic (exact) mass is 374 g/mol. The fourth-order valence-corrected chi connectivity index (χ4v) is 3.51. The number of hydrogen-bond acceptors (Lipinski definition) is 3. The van der Waals surface area contributed by atoms with Gasteiger partial charge in [0.1, 0.15) is 12.0 Å². The summed E-state index contributed by atoms with van der Waals surface area (Å²) in [5.41, 5.74) is 0.995. The largest absolute Gasteiger partial charge is 0.481 e. The Balaban J connectivity index is 1.59. The van der Waals surface area contributed by atoms with E-state index in [-0.39, 0.29) is 6.54 Å². The van der Waals surface area contributed by atoms with Crippen LogP contribution in [0.5, 0.6) is 0 Å². The van der Waals surface area contributed by atoms with Crippen molar-refractivity contribution in [1.82, 2.24) is 5.32 Å². The van der Waals surface area contributed by atoms with Crippen LogP contribution in [-0.2, 0) is 9.59 Å². The molecule has 6 heteroatoms. The lowest BCUT2D eigenvalue weighted by molar-refractivity contribution is -0.142. The summed E-state index contributed by atoms with van der Waals surface area (Å²) in [7, 11) is 0. The molecule has 3 aromatic carbocycles. The molecule has 1 aliphatic heterocycles. The van der Waals surface area contributed by atoms with E-state index in [1.807, 2.05) is 36.4 Å². The minimum absolute atomic E-state index is 0.0147. The molecule has 1 heterocycles. The second kappa shape index (κ2) is 7.15. The van der Waals surface area contributed by atoms with Gasteiger partial charge in [0.05, 0.1) is 0 Å². The van der Waals surface area contributed by atoms with Crippen molar-refractivity contribution in [3.8, 4) is 0 Å². The number of para-hydroxylation sites is 1. The molecule has 0 saturated carbocycles. The molecule has 3 aromatic rings. The lowest BCUT2D eigenvalue weighted by atomic mass is 10.0. The van der Waals surface area contributed by atoms with Crippen LogP contribution in [0.3, 0.4) is 0 Å². The molecule has 0 aliphatic carbocycles. The standard InChI is InChI=1S/C22H18N2O4/c25-20(16-11-10-14-6-4-5-7-15(14)12-16)23-19-18(22(27)28)13-24(21(19)26)17-8-2-1-3-9-17/h1-12,18-19H,13H2,(H,23,25)(H,27,28)/t18-,19+/m0/s1. The third-order valence-electron chi connectivity index (χ3n) is 5.00. The number of aliphatic carboxylic acids is 1. The minimum atomic E-state index is -1.12. The molecular weight excluding hydrogens is 356 g/mol. The zero-order chi connectivity index (χ0) is 19.7. The highest BCUT2D eigenvalue weighted by Gasteiger charge is 2.45. The van der Waals surface area contributed by atoms with Gasteiger partial charge in [0.15, 0.2) is 0 Å². The van der Waals surface area contributed by atoms with Crippen LogP contribution in [0.15, 0.2) is 72.8 Å². The second-order valence-electron chi connectivity index (χ2n) is 6.74. The maximum absolute atomic E-state index is 12.8. The maximum atomic E-state index is 12.8. The first-order valence-electron chi connectivity index (χ1n) is 8.93. The number of carbonyl (C=O) groups excluding carboxylic acids is 2. The average Bonchev–Trinajstić information content (AvgIpc) is 3.05. The Morgan fingerprint density at radius 3 is 2.32 bits per heavy atom. The van der Waals surface area contributed by atoms with Gasteiger partial charge in [-0.1, -0.05) is 48.5 Å². The number of anilines is 1. The molecular formula is C22H18N2O4. The van der Waals surface area contributed by atoms with Gasteiger partial charge in [0.25, 0.3) is 11.8 Å². The lowest BCUT2D eigenvalue weighted by Gasteiger charge is -2.17. The van der Waals surface area contributed by atoms with E-state index < -0.39 is 29.7 Å². The highest BCUT2D eigenvalue weighted by Crippen LogP contribution is 2.26. The van der Waals surface area contributed by atoms with Gasteiger partial charge in [0, 0.05) is 17.8 Å². The summed E-state index contributed by atoms with van der Waals surface area (Å²) in [6.45, 7) is 0.0147. The van der Waals surface area contributed by atoms with Crippen LogP contribution in [-0.4, -0.2) is 35.5 Å². The SMILES string of the molecule is O=C(N[C@H]1C(=O)N(c2ccccc2)C[C@@H]1C(=O)O)c1ccc2ccccc2c1. The predicted molar refractivity (Wildman–Crippen MR) is 105 cm³/mol. The Kier molecular flexibility index (Phi) is 4.53. The van der Waals surface area contributed by atoms with E-state index in [2.05, 4.69) is 5.32 Å². The molecule has 2 N–H and O–H groups in total. The Labute approximate surface area is 161 Å². The Morgan fingerprint density at radius 2 is 1.61 bits per heavy atom. The first kappa shape index (κ1) is 17.7. The molecule has 2 amide bonds. The van der Waals surface area contributed by atoms with Crippen molar-refractivity contribution in [2.24, 2.45) is 5.92 Å². The number of carbonyl (C=O) groups is 3. The number of rotatable bonds is 4. The summed E-state index contributed by atoms with van der Waals surface area (Å²) in [6.07, 6.45) is 0. The van der Waals surface area contributed by atoms with Crippen LogP contribution < -0.4 is 10.2 Å². The summed E-state index contributed by atoms with van der Waals surface area (Å²) < 4.78 is 0. The van der Waals surface area contributed by atoms with E-state index in [9.17, 15) is 19.5 Å². The number of benzene rings is 3. The van der Waals surface area contributed by atoms with Gasteiger partial charge in [-0.3, -0.25) is 14.4 Å². The van der Waals surface area contributed by atoms with E-state index in [1.165, 1.54) is 4.90 Å². The van der Waals surface area contributed by atoms with Crippen molar-refractivity contribution in [3.63, 3.8) is 0 Å². The van der Waals surface area contributed by atoms with E-state index in [1.54, 1.807) is 36.4 Å². The van der Waals surface area contributed by atoms with Crippen LogP contribution in [0.25, 0.3) is 10.8 Å². The Morgan fingerprint density at radius 1 is 0.929 bits per heavy atom. The maximum Gasteiger partial charge on any atom is 0.310 e. The van der Waals surface area contributed by atoms with Gasteiger partial charge in [-0.25, -0.2) is 0 Å². The number of carboxylic acids is 1. The Hall–Kier alpha value is -3.67. The predicted octanol–water partition coefficient (Wildman–Crippen LogP) is 2.69. The van der Waals surface area contributed by atoms with Crippen molar-refractivity contribution in [3.05, 3.63) is 78.4 Å². The van der Waals surface area contributed by atoms with E-state index in [0.29, 0.717) is 11.3 Å². The van der Waals surface area contributed by atoms with Crippen molar-refractivity contribution in [1.29, 1.82) is 0 Å². The van der Waals surface area contributed by atoms with Gasteiger partial charge >= 0.3 is 5.97 Å². The third-order valence-corrected chi connectivity index (χ3v) is 5.00. The van der Waals surface area contributed by atoms with Gasteiger partial charge in [-0.15, -0.1) is 0 Å². The van der Waals surface area contributed by atoms with Gasteiger partial charge in [0.2, 0.25) is 0 Å². The molecule has 0 aromatic heterocycles. The number of nitrogens with zero attached hydrogens (tertiary/aromatic N) is 1. The number of fused-ring (bicyclic) bond motifs is 1. The summed E-state index contributed by atoms with van der Waals surface area (Å²) in [5.74, 6) is -3.02. The number of nitrogens with one attached hydrogen (secondary N) is 1. The summed E-state index contributed by atoms with van der Waals surface area (Å²) in [6, 6.07) is 20.6. The first-order valence-corrected chi connectivity index (χ1v) is 8.93. The highest BCUT2D eigenvalue weighted by atomic mass is 16.4. The highest BCUT2D eigenvalue weighted by molar-refractivity contribution is 6.07. The minimum Gasteiger partial charge on any atom is -0.481 e. The zero-order valence-corrected chi connectivity index (χ0v) is 14.9. The van der Waals surface area contributed by atoms with E-state index in [0.717, 1.165) is 10.8 Å². The topological polar surface area (TPSA) is 86.7 Å². The lowest BCUT2D eigenvalue weighted by Crippen LogP contribution is -2.46. The van der Waals surface area contributed by atoms with Crippen molar-refractivity contribution < 1.29 is 19.5 Å². The molecule has 1 fully saturated rings. The Bertz CT molecular complexity index is 1060. The normalized spacial score (nSPS) is 19.0. The number of amides is 2. The van der Waals surface area contributed by atoms with Gasteiger partial charge < -0.3 is 15.3 Å². The molecule has 140 valence electrons. The third kappa shape index (κ3) is 3.20. The van der Waals surface area contributed by atoms with Crippen LogP contribution in [0.2, 0.25) is 0 Å². The smallest absolute Gasteiger partial charge is 0.310 e. The summed E-state index contributed by atoms with van der Waals surface area (Å²) in [5, 5.41) is 14.1. The molecule has 0 spiro atoms. The quantitative estimate of drug-likeness (QED) is 0.735. The van der Waals surface area contributed by atoms with E-state index >= 15 is 0 Å². The average molecular weight is 374 g/mol. The molecule has 1 aliphatic rings. The molecule has 1 saturated heterocycles. The fraction of sp³-hybridized carbons (Fsp3) is 0.136. The van der Waals surface area contributed by atoms with Crippen molar-refractivity contribution in [2.75, 3.05) is 11.4 Å². The van der Waals surface area contributed by atoms with Crippen LogP contribution in [0, 0.1) is 5.92 Å². The fourth-order valence-electron chi connectivity index (χ4n) is 3.51. The van der Waals surface area contributed by atoms with Crippen molar-refractivity contribution >= 4 is 34.2 Å². The zero-order valence-electron chi connectivity index (χ0n) is 14.9. The molecule has 28 heavy (non-hydrogen) atoms. The van der Waals surface area contributed by atoms with Crippen LogP contribution >= 0.6 is 0 Å². The van der Waals surface area contributed by atoms with E-state index in [4.69, 9.17) is 0 Å². The van der Waals surface area contributed by atoms with Crippen LogP contribution in [0.1, 0.15) is 10.4 Å². The van der Waals surface area contributed by atoms with Gasteiger partial charge in [-0.05, 0) is 35.0 Å². The molecule has 4 rings (SSSR count). The second-order valence-corrected chi connectivity index (χ2v) is 6.74. The number of carboxylic acid groups (broad SMARTS) is 1. The molecule has 0 bridgehead atoms. The molecule has 0 radical (unpaired) electrons. The van der Waals surface area contributed by atoms with Crippen molar-refractivity contribution in [2.45, 2.75) is 6.04 Å². The first-order chi connectivity index (χ1) is 13.5. The summed E-state index contributed by atoms with van der Waals surface area (Å²) >= 11 is 0. The number of hydrogen-bond donors (Lipinski definition) is 2. The summed E-state index contributed by atoms with van der Waals surface area (Å²) in [4.78, 5) is 38.7. The molecule has 6 nitrogen and oxygen atoms in total. The van der Waals surface area contributed by atoms with Crippen LogP contribution in [0.4, 0.5) is 5.69 Å².